The van der Waals surface area contributed by atoms with Gasteiger partial charge in [-0.2, -0.15) is 5.26 Å². The quantitative estimate of drug-likeness (QED) is 0.359. The predicted molar refractivity (Wildman–Crippen MR) is 130 cm³/mol. The molecule has 0 aromatic heterocycles. The first-order valence-corrected chi connectivity index (χ1v) is 10.5. The molecule has 2 N–H and O–H groups in total. The van der Waals surface area contributed by atoms with E-state index in [2.05, 4.69) is 10.6 Å². The zero-order valence-corrected chi connectivity index (χ0v) is 18.9. The molecule has 166 valence electrons. The summed E-state index contributed by atoms with van der Waals surface area (Å²) < 4.78 is 5.52. The minimum Gasteiger partial charge on any atom is -0.482 e. The van der Waals surface area contributed by atoms with Crippen LogP contribution < -0.4 is 15.4 Å². The van der Waals surface area contributed by atoms with Crippen LogP contribution in [0.5, 0.6) is 5.75 Å². The fourth-order valence-corrected chi connectivity index (χ4v) is 3.25. The number of carbonyl (C=O) groups excluding carboxylic acids is 2. The molecule has 33 heavy (non-hydrogen) atoms. The van der Waals surface area contributed by atoms with Gasteiger partial charge in [-0.1, -0.05) is 48.0 Å². The summed E-state index contributed by atoms with van der Waals surface area (Å²) in [7, 11) is 0. The van der Waals surface area contributed by atoms with Crippen molar-refractivity contribution in [3.8, 4) is 11.8 Å². The van der Waals surface area contributed by atoms with E-state index in [9.17, 15) is 14.9 Å². The van der Waals surface area contributed by atoms with Crippen molar-refractivity contribution in [2.45, 2.75) is 13.8 Å². The molecule has 0 spiro atoms. The second kappa shape index (κ2) is 11.0. The lowest BCUT2D eigenvalue weighted by atomic mass is 10.1. The number of rotatable bonds is 7. The number of aryl methyl sites for hydroxylation is 2. The molecule has 0 saturated heterocycles. The molecule has 0 radical (unpaired) electrons. The lowest BCUT2D eigenvalue weighted by Crippen LogP contribution is -2.20. The first-order chi connectivity index (χ1) is 15.9. The van der Waals surface area contributed by atoms with Gasteiger partial charge in [0.15, 0.2) is 6.61 Å². The highest BCUT2D eigenvalue weighted by atomic mass is 35.5. The number of nitrogens with one attached hydrogen (secondary N) is 2. The van der Waals surface area contributed by atoms with Gasteiger partial charge in [0.25, 0.3) is 11.8 Å². The summed E-state index contributed by atoms with van der Waals surface area (Å²) in [5.41, 5.74) is 3.72. The van der Waals surface area contributed by atoms with E-state index in [1.165, 1.54) is 6.08 Å². The molecular formula is C26H22ClN3O3. The number of para-hydroxylation sites is 1. The molecule has 2 amide bonds. The summed E-state index contributed by atoms with van der Waals surface area (Å²) in [6, 6.07) is 21.4. The number of nitriles is 1. The van der Waals surface area contributed by atoms with Crippen LogP contribution in [0.3, 0.4) is 0 Å². The van der Waals surface area contributed by atoms with Gasteiger partial charge in [0.05, 0.1) is 5.02 Å². The second-order valence-corrected chi connectivity index (χ2v) is 7.74. The van der Waals surface area contributed by atoms with Crippen LogP contribution in [0, 0.1) is 25.2 Å². The first kappa shape index (κ1) is 23.6. The van der Waals surface area contributed by atoms with Crippen molar-refractivity contribution in [3.63, 3.8) is 0 Å². The van der Waals surface area contributed by atoms with E-state index in [0.29, 0.717) is 22.7 Å². The van der Waals surface area contributed by atoms with Crippen LogP contribution in [0.15, 0.2) is 72.3 Å². The Balaban J connectivity index is 1.64. The molecule has 0 heterocycles. The minimum absolute atomic E-state index is 0.0690. The second-order valence-electron chi connectivity index (χ2n) is 7.34. The Labute approximate surface area is 197 Å². The average molecular weight is 460 g/mol. The van der Waals surface area contributed by atoms with Crippen molar-refractivity contribution in [2.24, 2.45) is 0 Å². The summed E-state index contributed by atoms with van der Waals surface area (Å²) in [4.78, 5) is 24.6. The molecule has 0 aliphatic carbocycles. The third-order valence-corrected chi connectivity index (χ3v) is 4.98. The van der Waals surface area contributed by atoms with Crippen LogP contribution in [-0.4, -0.2) is 18.4 Å². The number of ether oxygens (including phenoxy) is 1. The van der Waals surface area contributed by atoms with E-state index in [1.54, 1.807) is 36.4 Å². The smallest absolute Gasteiger partial charge is 0.266 e. The third kappa shape index (κ3) is 6.70. The lowest BCUT2D eigenvalue weighted by molar-refractivity contribution is -0.118. The molecule has 3 rings (SSSR count). The molecule has 0 saturated carbocycles. The van der Waals surface area contributed by atoms with Crippen LogP contribution >= 0.6 is 11.6 Å². The van der Waals surface area contributed by atoms with Gasteiger partial charge in [0.2, 0.25) is 0 Å². The Hall–Kier alpha value is -4.08. The number of anilines is 2. The molecule has 0 atom stereocenters. The first-order valence-electron chi connectivity index (χ1n) is 10.1. The maximum Gasteiger partial charge on any atom is 0.266 e. The van der Waals surface area contributed by atoms with Crippen molar-refractivity contribution < 1.29 is 14.3 Å². The zero-order chi connectivity index (χ0) is 23.8. The number of carbonyl (C=O) groups is 2. The van der Waals surface area contributed by atoms with Gasteiger partial charge in [0, 0.05) is 11.4 Å². The average Bonchev–Trinajstić information content (AvgIpc) is 2.78. The van der Waals surface area contributed by atoms with Crippen molar-refractivity contribution in [1.82, 2.24) is 0 Å². The summed E-state index contributed by atoms with van der Waals surface area (Å²) in [5, 5.41) is 15.2. The Bertz CT molecular complexity index is 1260. The molecule has 0 unspecified atom stereocenters. The minimum atomic E-state index is -0.518. The van der Waals surface area contributed by atoms with Crippen molar-refractivity contribution in [2.75, 3.05) is 17.2 Å². The number of amides is 2. The maximum atomic E-state index is 12.5. The fourth-order valence-electron chi connectivity index (χ4n) is 3.01. The van der Waals surface area contributed by atoms with Crippen molar-refractivity contribution in [3.05, 3.63) is 94.0 Å². The molecule has 3 aromatic carbocycles. The molecule has 3 aromatic rings. The molecule has 6 nitrogen and oxygen atoms in total. The van der Waals surface area contributed by atoms with E-state index in [1.807, 2.05) is 50.2 Å². The summed E-state index contributed by atoms with van der Waals surface area (Å²) in [5.74, 6) is -0.521. The van der Waals surface area contributed by atoms with Crippen molar-refractivity contribution >= 4 is 40.9 Å². The normalized spacial score (nSPS) is 10.8. The van der Waals surface area contributed by atoms with E-state index >= 15 is 0 Å². The molecule has 0 aliphatic heterocycles. The van der Waals surface area contributed by atoms with Crippen LogP contribution in [0.25, 0.3) is 6.08 Å². The largest absolute Gasteiger partial charge is 0.482 e. The van der Waals surface area contributed by atoms with Gasteiger partial charge in [0.1, 0.15) is 17.4 Å². The van der Waals surface area contributed by atoms with Crippen LogP contribution in [0.1, 0.15) is 16.7 Å². The highest BCUT2D eigenvalue weighted by molar-refractivity contribution is 6.32. The number of nitrogens with zero attached hydrogens (tertiary/aromatic N) is 1. The molecule has 7 heteroatoms. The monoisotopic (exact) mass is 459 g/mol. The highest BCUT2D eigenvalue weighted by Gasteiger charge is 2.12. The summed E-state index contributed by atoms with van der Waals surface area (Å²) in [6.45, 7) is 3.59. The van der Waals surface area contributed by atoms with Gasteiger partial charge in [-0.3, -0.25) is 9.59 Å². The van der Waals surface area contributed by atoms with Gasteiger partial charge < -0.3 is 15.4 Å². The lowest BCUT2D eigenvalue weighted by Gasteiger charge is -2.10. The van der Waals surface area contributed by atoms with E-state index in [-0.39, 0.29) is 23.1 Å². The third-order valence-electron chi connectivity index (χ3n) is 4.69. The van der Waals surface area contributed by atoms with Gasteiger partial charge in [-0.05, 0) is 66.9 Å². The molecule has 0 aliphatic rings. The number of hydrogen-bond donors (Lipinski definition) is 2. The molecule has 0 bridgehead atoms. The molecular weight excluding hydrogens is 438 g/mol. The fraction of sp³-hybridized carbons (Fsp3) is 0.115. The van der Waals surface area contributed by atoms with Crippen LogP contribution in [0.4, 0.5) is 11.4 Å². The Kier molecular flexibility index (Phi) is 7.85. The Morgan fingerprint density at radius 3 is 2.52 bits per heavy atom. The van der Waals surface area contributed by atoms with E-state index in [0.717, 1.165) is 11.1 Å². The standard InChI is InChI=1S/C26H22ClN3O3/c1-17-6-5-8-21(12-17)29-25(31)16-33-24-11-10-19(14-22(24)27)13-20(15-28)26(32)30-23-9-4-3-7-18(23)2/h3-14H,16H2,1-2H3,(H,29,31)(H,30,32)/b20-13+. The van der Waals surface area contributed by atoms with Crippen LogP contribution in [0.2, 0.25) is 5.02 Å². The van der Waals surface area contributed by atoms with Gasteiger partial charge in [-0.15, -0.1) is 0 Å². The number of hydrogen-bond acceptors (Lipinski definition) is 4. The zero-order valence-electron chi connectivity index (χ0n) is 18.2. The summed E-state index contributed by atoms with van der Waals surface area (Å²) in [6.07, 6.45) is 1.44. The highest BCUT2D eigenvalue weighted by Crippen LogP contribution is 2.27. The SMILES string of the molecule is Cc1cccc(NC(=O)COc2ccc(/C=C(\C#N)C(=O)Nc3ccccc3C)cc2Cl)c1. The Morgan fingerprint density at radius 2 is 1.82 bits per heavy atom. The number of benzene rings is 3. The van der Waals surface area contributed by atoms with Crippen LogP contribution in [-0.2, 0) is 9.59 Å². The van der Waals surface area contributed by atoms with Crippen molar-refractivity contribution in [1.29, 1.82) is 5.26 Å². The summed E-state index contributed by atoms with van der Waals surface area (Å²) >= 11 is 6.28. The maximum absolute atomic E-state index is 12.5. The Morgan fingerprint density at radius 1 is 1.03 bits per heavy atom. The van der Waals surface area contributed by atoms with E-state index in [4.69, 9.17) is 16.3 Å². The number of halogens is 1. The molecule has 0 fully saturated rings. The van der Waals surface area contributed by atoms with Gasteiger partial charge >= 0.3 is 0 Å². The topological polar surface area (TPSA) is 91.2 Å². The van der Waals surface area contributed by atoms with E-state index < -0.39 is 5.91 Å². The van der Waals surface area contributed by atoms with Gasteiger partial charge in [-0.25, -0.2) is 0 Å². The predicted octanol–water partition coefficient (Wildman–Crippen LogP) is 5.52.